The Kier molecular flexibility index (Phi) is 6.53. The number of halogens is 5. The highest BCUT2D eigenvalue weighted by atomic mass is 35.5. The third-order valence-corrected chi connectivity index (χ3v) is 7.14. The third kappa shape index (κ3) is 4.68. The van der Waals surface area contributed by atoms with E-state index in [1.807, 2.05) is 0 Å². The van der Waals surface area contributed by atoms with E-state index in [0.717, 1.165) is 6.07 Å². The minimum Gasteiger partial charge on any atom is -0.382 e. The molecule has 0 aliphatic carbocycles. The molecule has 13 heteroatoms. The molecule has 0 fully saturated rings. The minimum absolute atomic E-state index is 0.0153. The third-order valence-electron chi connectivity index (χ3n) is 5.72. The van der Waals surface area contributed by atoms with Crippen molar-refractivity contribution in [3.63, 3.8) is 0 Å². The second-order valence-electron chi connectivity index (χ2n) is 8.19. The second kappa shape index (κ2) is 9.69. The van der Waals surface area contributed by atoms with Crippen LogP contribution in [0.25, 0.3) is 21.3 Å². The minimum atomic E-state index is -4.77. The van der Waals surface area contributed by atoms with E-state index < -0.39 is 35.6 Å². The second-order valence-corrected chi connectivity index (χ2v) is 9.60. The van der Waals surface area contributed by atoms with Gasteiger partial charge in [0.25, 0.3) is 11.8 Å². The summed E-state index contributed by atoms with van der Waals surface area (Å²) in [6.45, 7) is 0. The first kappa shape index (κ1) is 25.6. The highest BCUT2D eigenvalue weighted by molar-refractivity contribution is 7.21. The number of nitrogens with zero attached hydrogens (tertiary/aromatic N) is 2. The molecule has 1 unspecified atom stereocenters. The van der Waals surface area contributed by atoms with Crippen LogP contribution in [0.5, 0.6) is 0 Å². The number of amides is 2. The Morgan fingerprint density at radius 2 is 1.87 bits per heavy atom. The Hall–Kier alpha value is -4.03. The van der Waals surface area contributed by atoms with Crippen molar-refractivity contribution < 1.29 is 32.0 Å². The largest absolute Gasteiger partial charge is 0.433 e. The molecule has 2 aromatic heterocycles. The molecule has 1 atom stereocenters. The van der Waals surface area contributed by atoms with Gasteiger partial charge in [-0.25, -0.2) is 9.37 Å². The van der Waals surface area contributed by atoms with Crippen molar-refractivity contribution in [2.24, 2.45) is 10.9 Å². The summed E-state index contributed by atoms with van der Waals surface area (Å²) >= 11 is 6.70. The quantitative estimate of drug-likeness (QED) is 0.291. The summed E-state index contributed by atoms with van der Waals surface area (Å²) in [5.41, 5.74) is 4.80. The number of thiophene rings is 1. The van der Waals surface area contributed by atoms with Gasteiger partial charge in [-0.1, -0.05) is 53.2 Å². The van der Waals surface area contributed by atoms with Crippen molar-refractivity contribution in [1.82, 2.24) is 4.98 Å². The standard InChI is InChI=1S/C25H15ClF4N4O3S/c26-13-7-4-8-14(27)19(13)15-10-16(37-34-15)23(36)33-20-18-12(11-5-2-1-3-6-11)9-17(25(28,29)30)32-24(18)38-21(20)22(31)35/h1-9,16H,10H2,(H2,31,35)(H,33,36). The van der Waals surface area contributed by atoms with E-state index in [1.54, 1.807) is 30.3 Å². The predicted octanol–water partition coefficient (Wildman–Crippen LogP) is 6.01. The molecule has 194 valence electrons. The zero-order valence-corrected chi connectivity index (χ0v) is 20.5. The van der Waals surface area contributed by atoms with E-state index in [1.165, 1.54) is 18.2 Å². The van der Waals surface area contributed by atoms with Crippen LogP contribution >= 0.6 is 22.9 Å². The Balaban J connectivity index is 1.56. The Labute approximate surface area is 220 Å². The molecule has 0 bridgehead atoms. The summed E-state index contributed by atoms with van der Waals surface area (Å²) in [4.78, 5) is 34.0. The number of fused-ring (bicyclic) bond motifs is 1. The maximum atomic E-state index is 14.3. The number of hydrogen-bond acceptors (Lipinski definition) is 6. The van der Waals surface area contributed by atoms with E-state index in [-0.39, 0.29) is 49.1 Å². The number of nitrogens with one attached hydrogen (secondary N) is 1. The van der Waals surface area contributed by atoms with Crippen LogP contribution in [-0.4, -0.2) is 28.6 Å². The van der Waals surface area contributed by atoms with Gasteiger partial charge in [0.05, 0.1) is 22.0 Å². The topological polar surface area (TPSA) is 107 Å². The van der Waals surface area contributed by atoms with Crippen LogP contribution in [0.4, 0.5) is 23.2 Å². The number of hydrogen-bond donors (Lipinski definition) is 2. The fraction of sp³-hybridized carbons (Fsp3) is 0.120. The van der Waals surface area contributed by atoms with Crippen molar-refractivity contribution >= 4 is 56.4 Å². The van der Waals surface area contributed by atoms with Gasteiger partial charge < -0.3 is 15.9 Å². The van der Waals surface area contributed by atoms with E-state index in [0.29, 0.717) is 16.9 Å². The molecule has 0 spiro atoms. The number of benzene rings is 2. The number of nitrogens with two attached hydrogens (primary N) is 1. The first-order valence-electron chi connectivity index (χ1n) is 10.9. The first-order chi connectivity index (χ1) is 18.0. The lowest BCUT2D eigenvalue weighted by atomic mass is 10.0. The van der Waals surface area contributed by atoms with Crippen LogP contribution in [0.3, 0.4) is 0 Å². The Bertz CT molecular complexity index is 1600. The Morgan fingerprint density at radius 3 is 2.53 bits per heavy atom. The van der Waals surface area contributed by atoms with Gasteiger partial charge in [-0.2, -0.15) is 13.2 Å². The molecule has 5 rings (SSSR count). The molecule has 7 nitrogen and oxygen atoms in total. The number of anilines is 1. The molecule has 3 heterocycles. The van der Waals surface area contributed by atoms with Crippen LogP contribution in [-0.2, 0) is 15.8 Å². The van der Waals surface area contributed by atoms with Crippen LogP contribution in [0.15, 0.2) is 59.8 Å². The average Bonchev–Trinajstić information content (AvgIpc) is 3.49. The van der Waals surface area contributed by atoms with E-state index >= 15 is 0 Å². The lowest BCUT2D eigenvalue weighted by Crippen LogP contribution is -2.29. The SMILES string of the molecule is NC(=O)c1sc2nc(C(F)(F)F)cc(-c3ccccc3)c2c1NC(=O)C1CC(c2c(F)cccc2Cl)=NO1. The summed E-state index contributed by atoms with van der Waals surface area (Å²) < 4.78 is 55.2. The number of rotatable bonds is 5. The molecule has 4 aromatic rings. The molecule has 2 amide bonds. The van der Waals surface area contributed by atoms with E-state index in [9.17, 15) is 27.2 Å². The number of primary amides is 1. The van der Waals surface area contributed by atoms with E-state index in [4.69, 9.17) is 22.2 Å². The molecular formula is C25H15ClF4N4O3S. The van der Waals surface area contributed by atoms with Crippen molar-refractivity contribution in [1.29, 1.82) is 0 Å². The van der Waals surface area contributed by atoms with Gasteiger partial charge in [-0.3, -0.25) is 9.59 Å². The van der Waals surface area contributed by atoms with Crippen LogP contribution in [0, 0.1) is 5.82 Å². The van der Waals surface area contributed by atoms with Gasteiger partial charge in [-0.05, 0) is 29.3 Å². The molecule has 38 heavy (non-hydrogen) atoms. The number of carbonyl (C=O) groups is 2. The molecule has 0 radical (unpaired) electrons. The number of aromatic nitrogens is 1. The average molecular weight is 563 g/mol. The smallest absolute Gasteiger partial charge is 0.382 e. The lowest BCUT2D eigenvalue weighted by molar-refractivity contribution is -0.140. The Morgan fingerprint density at radius 1 is 1.13 bits per heavy atom. The van der Waals surface area contributed by atoms with Gasteiger partial charge in [0.1, 0.15) is 21.2 Å². The maximum Gasteiger partial charge on any atom is 0.433 e. The number of oxime groups is 1. The number of pyridine rings is 1. The molecule has 2 aromatic carbocycles. The highest BCUT2D eigenvalue weighted by Gasteiger charge is 2.36. The van der Waals surface area contributed by atoms with E-state index in [2.05, 4.69) is 15.5 Å². The van der Waals surface area contributed by atoms with Gasteiger partial charge in [0, 0.05) is 11.8 Å². The lowest BCUT2D eigenvalue weighted by Gasteiger charge is -2.13. The van der Waals surface area contributed by atoms with Crippen LogP contribution in [0.2, 0.25) is 5.02 Å². The van der Waals surface area contributed by atoms with Crippen molar-refractivity contribution in [3.05, 3.63) is 81.6 Å². The molecule has 0 saturated heterocycles. The zero-order chi connectivity index (χ0) is 27.2. The monoisotopic (exact) mass is 562 g/mol. The molecule has 1 aliphatic rings. The molecule has 3 N–H and O–H groups in total. The normalized spacial score (nSPS) is 15.3. The maximum absolute atomic E-state index is 14.3. The summed E-state index contributed by atoms with van der Waals surface area (Å²) in [5.74, 6) is -2.41. The number of alkyl halides is 3. The molecule has 1 aliphatic heterocycles. The first-order valence-corrected chi connectivity index (χ1v) is 12.1. The summed E-state index contributed by atoms with van der Waals surface area (Å²) in [6, 6.07) is 13.0. The summed E-state index contributed by atoms with van der Waals surface area (Å²) in [7, 11) is 0. The summed E-state index contributed by atoms with van der Waals surface area (Å²) in [6.07, 6.45) is -6.15. The fourth-order valence-electron chi connectivity index (χ4n) is 4.02. The van der Waals surface area contributed by atoms with Crippen LogP contribution in [0.1, 0.15) is 27.3 Å². The van der Waals surface area contributed by atoms with Gasteiger partial charge >= 0.3 is 6.18 Å². The van der Waals surface area contributed by atoms with Gasteiger partial charge in [0.2, 0.25) is 6.10 Å². The van der Waals surface area contributed by atoms with Crippen molar-refractivity contribution in [2.75, 3.05) is 5.32 Å². The van der Waals surface area contributed by atoms with Gasteiger partial charge in [-0.15, -0.1) is 11.3 Å². The van der Waals surface area contributed by atoms with Crippen molar-refractivity contribution in [2.45, 2.75) is 18.7 Å². The van der Waals surface area contributed by atoms with Crippen molar-refractivity contribution in [3.8, 4) is 11.1 Å². The zero-order valence-electron chi connectivity index (χ0n) is 19.0. The van der Waals surface area contributed by atoms with Crippen LogP contribution < -0.4 is 11.1 Å². The number of carbonyl (C=O) groups excluding carboxylic acids is 2. The van der Waals surface area contributed by atoms with Gasteiger partial charge in [0.15, 0.2) is 0 Å². The molecular weight excluding hydrogens is 548 g/mol. The predicted molar refractivity (Wildman–Crippen MR) is 135 cm³/mol. The molecule has 0 saturated carbocycles. The highest BCUT2D eigenvalue weighted by Crippen LogP contribution is 2.43. The fourth-order valence-corrected chi connectivity index (χ4v) is 5.30. The summed E-state index contributed by atoms with van der Waals surface area (Å²) in [5, 5.41) is 6.52.